The molecule has 0 saturated heterocycles. The average molecular weight is 281 g/mol. The normalized spacial score (nSPS) is 15.9. The number of carbonyl (C=O) groups is 1. The summed E-state index contributed by atoms with van der Waals surface area (Å²) in [6.07, 6.45) is 2.23. The van der Waals surface area contributed by atoms with E-state index in [0.29, 0.717) is 19.1 Å². The van der Waals surface area contributed by atoms with Crippen LogP contribution in [0.15, 0.2) is 18.2 Å². The molecular formula is C15H20FNO3. The molecule has 1 aromatic rings. The van der Waals surface area contributed by atoms with Crippen molar-refractivity contribution in [2.75, 3.05) is 25.2 Å². The van der Waals surface area contributed by atoms with Gasteiger partial charge in [0.2, 0.25) is 0 Å². The van der Waals surface area contributed by atoms with Crippen molar-refractivity contribution in [3.63, 3.8) is 0 Å². The molecule has 5 heteroatoms. The zero-order valence-electron chi connectivity index (χ0n) is 11.8. The van der Waals surface area contributed by atoms with Crippen LogP contribution in [0.1, 0.15) is 30.1 Å². The fourth-order valence-corrected chi connectivity index (χ4v) is 2.52. The van der Waals surface area contributed by atoms with Crippen LogP contribution in [-0.2, 0) is 4.74 Å². The van der Waals surface area contributed by atoms with Gasteiger partial charge in [0.25, 0.3) is 0 Å². The number of carboxylic acid groups (broad SMARTS) is 1. The van der Waals surface area contributed by atoms with E-state index in [9.17, 15) is 14.3 Å². The molecular weight excluding hydrogens is 261 g/mol. The van der Waals surface area contributed by atoms with Gasteiger partial charge < -0.3 is 14.7 Å². The van der Waals surface area contributed by atoms with Crippen molar-refractivity contribution >= 4 is 11.7 Å². The Bertz CT molecular complexity index is 488. The number of nitrogens with zero attached hydrogens (tertiary/aromatic N) is 1. The third kappa shape index (κ3) is 3.10. The second kappa shape index (κ2) is 6.22. The minimum atomic E-state index is -1.11. The first kappa shape index (κ1) is 14.8. The third-order valence-corrected chi connectivity index (χ3v) is 3.84. The van der Waals surface area contributed by atoms with Gasteiger partial charge in [-0.05, 0) is 37.8 Å². The van der Waals surface area contributed by atoms with E-state index in [0.717, 1.165) is 12.8 Å². The Morgan fingerprint density at radius 2 is 2.25 bits per heavy atom. The SMILES string of the molecule is COCCN(c1c(F)cccc1C(=O)O)C(C)C1CC1. The topological polar surface area (TPSA) is 49.8 Å². The molecule has 1 aliphatic carbocycles. The second-order valence-electron chi connectivity index (χ2n) is 5.21. The minimum Gasteiger partial charge on any atom is -0.478 e. The number of carboxylic acids is 1. The Morgan fingerprint density at radius 3 is 2.80 bits per heavy atom. The summed E-state index contributed by atoms with van der Waals surface area (Å²) in [7, 11) is 1.58. The minimum absolute atomic E-state index is 0.00797. The maximum Gasteiger partial charge on any atom is 0.337 e. The summed E-state index contributed by atoms with van der Waals surface area (Å²) in [5.41, 5.74) is 0.185. The van der Waals surface area contributed by atoms with Crippen LogP contribution < -0.4 is 4.90 Å². The van der Waals surface area contributed by atoms with Crippen molar-refractivity contribution < 1.29 is 19.0 Å². The van der Waals surface area contributed by atoms with E-state index in [1.54, 1.807) is 7.11 Å². The highest BCUT2D eigenvalue weighted by molar-refractivity contribution is 5.94. The number of halogens is 1. The standard InChI is InChI=1S/C15H20FNO3/c1-10(11-6-7-11)17(8-9-20-2)14-12(15(18)19)4-3-5-13(14)16/h3-5,10-11H,6-9H2,1-2H3,(H,18,19). The number of ether oxygens (including phenoxy) is 1. The number of anilines is 1. The zero-order valence-corrected chi connectivity index (χ0v) is 11.8. The lowest BCUT2D eigenvalue weighted by Crippen LogP contribution is -2.39. The second-order valence-corrected chi connectivity index (χ2v) is 5.21. The molecule has 2 rings (SSSR count). The van der Waals surface area contributed by atoms with Gasteiger partial charge in [0.1, 0.15) is 5.82 Å². The van der Waals surface area contributed by atoms with Crippen LogP contribution in [0.3, 0.4) is 0 Å². The predicted octanol–water partition coefficient (Wildman–Crippen LogP) is 2.78. The lowest BCUT2D eigenvalue weighted by atomic mass is 10.1. The van der Waals surface area contributed by atoms with E-state index < -0.39 is 11.8 Å². The first-order chi connectivity index (χ1) is 9.56. The van der Waals surface area contributed by atoms with Crippen LogP contribution in [0.25, 0.3) is 0 Å². The number of hydrogen-bond donors (Lipinski definition) is 1. The molecule has 110 valence electrons. The molecule has 1 N–H and O–H groups in total. The highest BCUT2D eigenvalue weighted by Gasteiger charge is 2.34. The molecule has 1 saturated carbocycles. The first-order valence-corrected chi connectivity index (χ1v) is 6.83. The predicted molar refractivity (Wildman–Crippen MR) is 74.8 cm³/mol. The van der Waals surface area contributed by atoms with Crippen LogP contribution >= 0.6 is 0 Å². The Labute approximate surface area is 118 Å². The van der Waals surface area contributed by atoms with E-state index in [2.05, 4.69) is 0 Å². The van der Waals surface area contributed by atoms with Crippen LogP contribution in [0.5, 0.6) is 0 Å². The summed E-state index contributed by atoms with van der Waals surface area (Å²) in [4.78, 5) is 13.2. The highest BCUT2D eigenvalue weighted by atomic mass is 19.1. The number of methoxy groups -OCH3 is 1. The molecule has 1 aliphatic rings. The van der Waals surface area contributed by atoms with Gasteiger partial charge >= 0.3 is 5.97 Å². The Morgan fingerprint density at radius 1 is 1.55 bits per heavy atom. The summed E-state index contributed by atoms with van der Waals surface area (Å²) < 4.78 is 19.3. The molecule has 4 nitrogen and oxygen atoms in total. The molecule has 1 atom stereocenters. The Hall–Kier alpha value is -1.62. The smallest absolute Gasteiger partial charge is 0.337 e. The van der Waals surface area contributed by atoms with Crippen molar-refractivity contribution in [3.05, 3.63) is 29.6 Å². The van der Waals surface area contributed by atoms with E-state index >= 15 is 0 Å². The van der Waals surface area contributed by atoms with Gasteiger partial charge in [-0.2, -0.15) is 0 Å². The zero-order chi connectivity index (χ0) is 14.7. The van der Waals surface area contributed by atoms with E-state index in [4.69, 9.17) is 4.74 Å². The van der Waals surface area contributed by atoms with E-state index in [1.165, 1.54) is 18.2 Å². The van der Waals surface area contributed by atoms with Crippen molar-refractivity contribution in [1.29, 1.82) is 0 Å². The molecule has 0 heterocycles. The van der Waals surface area contributed by atoms with Crippen molar-refractivity contribution in [2.24, 2.45) is 5.92 Å². The van der Waals surface area contributed by atoms with Gasteiger partial charge in [0, 0.05) is 19.7 Å². The van der Waals surface area contributed by atoms with Crippen LogP contribution in [-0.4, -0.2) is 37.4 Å². The summed E-state index contributed by atoms with van der Waals surface area (Å²) in [5.74, 6) is -1.09. The molecule has 0 aliphatic heterocycles. The van der Waals surface area contributed by atoms with Gasteiger partial charge in [-0.3, -0.25) is 0 Å². The fourth-order valence-electron chi connectivity index (χ4n) is 2.52. The van der Waals surface area contributed by atoms with Gasteiger partial charge in [0.05, 0.1) is 17.9 Å². The molecule has 1 unspecified atom stereocenters. The molecule has 0 spiro atoms. The Balaban J connectivity index is 2.38. The van der Waals surface area contributed by atoms with Crippen molar-refractivity contribution in [3.8, 4) is 0 Å². The van der Waals surface area contributed by atoms with Crippen molar-refractivity contribution in [1.82, 2.24) is 0 Å². The molecule has 0 bridgehead atoms. The maximum atomic E-state index is 14.2. The average Bonchev–Trinajstić information content (AvgIpc) is 3.24. The summed E-state index contributed by atoms with van der Waals surface area (Å²) in [6, 6.07) is 4.29. The summed E-state index contributed by atoms with van der Waals surface area (Å²) >= 11 is 0. The van der Waals surface area contributed by atoms with Gasteiger partial charge in [-0.25, -0.2) is 9.18 Å². The van der Waals surface area contributed by atoms with E-state index in [1.807, 2.05) is 11.8 Å². The Kier molecular flexibility index (Phi) is 4.60. The maximum absolute atomic E-state index is 14.2. The highest BCUT2D eigenvalue weighted by Crippen LogP contribution is 2.38. The lowest BCUT2D eigenvalue weighted by Gasteiger charge is -2.32. The molecule has 20 heavy (non-hydrogen) atoms. The number of aromatic carboxylic acids is 1. The number of benzene rings is 1. The van der Waals surface area contributed by atoms with Gasteiger partial charge in [0.15, 0.2) is 0 Å². The van der Waals surface area contributed by atoms with Crippen molar-refractivity contribution in [2.45, 2.75) is 25.8 Å². The van der Waals surface area contributed by atoms with E-state index in [-0.39, 0.29) is 17.3 Å². The van der Waals surface area contributed by atoms with Crippen LogP contribution in [0.4, 0.5) is 10.1 Å². The summed E-state index contributed by atoms with van der Waals surface area (Å²) in [5, 5.41) is 9.28. The number of rotatable bonds is 7. The van der Waals surface area contributed by atoms with Gasteiger partial charge in [-0.1, -0.05) is 6.07 Å². The molecule has 0 aromatic heterocycles. The fraction of sp³-hybridized carbons (Fsp3) is 0.533. The number of hydrogen-bond acceptors (Lipinski definition) is 3. The first-order valence-electron chi connectivity index (χ1n) is 6.83. The number of para-hydroxylation sites is 1. The monoisotopic (exact) mass is 281 g/mol. The van der Waals surface area contributed by atoms with Crippen LogP contribution in [0.2, 0.25) is 0 Å². The largest absolute Gasteiger partial charge is 0.478 e. The third-order valence-electron chi connectivity index (χ3n) is 3.84. The van der Waals surface area contributed by atoms with Gasteiger partial charge in [-0.15, -0.1) is 0 Å². The molecule has 1 fully saturated rings. The quantitative estimate of drug-likeness (QED) is 0.835. The molecule has 0 amide bonds. The van der Waals surface area contributed by atoms with Crippen LogP contribution in [0, 0.1) is 11.7 Å². The molecule has 1 aromatic carbocycles. The molecule has 0 radical (unpaired) electrons. The lowest BCUT2D eigenvalue weighted by molar-refractivity contribution is 0.0696. The summed E-state index contributed by atoms with van der Waals surface area (Å²) in [6.45, 7) is 2.94.